The molecule has 1 aromatic heterocycles. The van der Waals surface area contributed by atoms with Gasteiger partial charge in [-0.1, -0.05) is 106 Å². The second-order valence-corrected chi connectivity index (χ2v) is 18.1. The van der Waals surface area contributed by atoms with E-state index in [0.717, 1.165) is 53.1 Å². The molecule has 0 radical (unpaired) electrons. The molecule has 3 aliphatic rings. The zero-order valence-corrected chi connectivity index (χ0v) is 36.7. The fourth-order valence-electron chi connectivity index (χ4n) is 9.06. The number of ether oxygens (including phenoxy) is 2. The van der Waals surface area contributed by atoms with Gasteiger partial charge in [-0.05, 0) is 118 Å². The van der Waals surface area contributed by atoms with Gasteiger partial charge in [-0.15, -0.1) is 23.3 Å². The van der Waals surface area contributed by atoms with Crippen molar-refractivity contribution in [1.82, 2.24) is 4.98 Å². The summed E-state index contributed by atoms with van der Waals surface area (Å²) in [4.78, 5) is 12.5. The summed E-state index contributed by atoms with van der Waals surface area (Å²) < 4.78 is 13.7. The van der Waals surface area contributed by atoms with E-state index >= 15 is 0 Å². The van der Waals surface area contributed by atoms with Crippen molar-refractivity contribution in [2.75, 3.05) is 4.90 Å². The molecule has 0 spiro atoms. The topological polar surface area (TPSA) is 47.0 Å². The molecule has 0 saturated heterocycles. The van der Waals surface area contributed by atoms with Gasteiger partial charge in [0.2, 0.25) is 0 Å². The normalized spacial score (nSPS) is 20.9. The molecule has 5 aromatic rings. The molecule has 2 aliphatic heterocycles. The van der Waals surface area contributed by atoms with Gasteiger partial charge in [0.25, 0.3) is 0 Å². The van der Waals surface area contributed by atoms with Crippen LogP contribution < -0.4 is 9.64 Å². The predicted octanol–water partition coefficient (Wildman–Crippen LogP) is 12.6. The molecule has 1 fully saturated rings. The zero-order valence-electron chi connectivity index (χ0n) is 34.4. The quantitative estimate of drug-likeness (QED) is 0.165. The van der Waals surface area contributed by atoms with E-state index in [9.17, 15) is 0 Å². The van der Waals surface area contributed by atoms with E-state index in [2.05, 4.69) is 161 Å². The van der Waals surface area contributed by atoms with Crippen molar-refractivity contribution >= 4 is 23.1 Å². The summed E-state index contributed by atoms with van der Waals surface area (Å²) in [5.41, 5.74) is 13.8. The van der Waals surface area contributed by atoms with E-state index < -0.39 is 0 Å². The Morgan fingerprint density at radius 3 is 2.20 bits per heavy atom. The number of nitrogens with zero attached hydrogens (tertiary/aromatic N) is 3. The number of aromatic nitrogens is 1. The maximum atomic E-state index is 6.95. The van der Waals surface area contributed by atoms with E-state index in [1.807, 2.05) is 6.20 Å². The molecular weight excluding hydrogens is 858 g/mol. The number of benzene rings is 4. The molecule has 286 valence electrons. The molecule has 1 saturated carbocycles. The third-order valence-corrected chi connectivity index (χ3v) is 12.4. The van der Waals surface area contributed by atoms with Gasteiger partial charge >= 0.3 is 21.1 Å². The summed E-state index contributed by atoms with van der Waals surface area (Å²) >= 11 is 0. The fourth-order valence-corrected chi connectivity index (χ4v) is 9.06. The number of aliphatic imine (C=N–C) groups is 1. The fraction of sp³-hybridized carbons (Fsp3) is 0.388. The summed E-state index contributed by atoms with van der Waals surface area (Å²) in [6.45, 7) is 26.6. The van der Waals surface area contributed by atoms with Crippen LogP contribution in [0, 0.1) is 46.8 Å². The third kappa shape index (κ3) is 6.55. The van der Waals surface area contributed by atoms with Gasteiger partial charge in [-0.2, -0.15) is 6.07 Å². The first-order valence-electron chi connectivity index (χ1n) is 19.4. The van der Waals surface area contributed by atoms with Crippen LogP contribution >= 0.6 is 0 Å². The average Bonchev–Trinajstić information content (AvgIpc) is 3.52. The van der Waals surface area contributed by atoms with E-state index in [1.165, 1.54) is 44.5 Å². The number of aryl methyl sites for hydroxylation is 5. The summed E-state index contributed by atoms with van der Waals surface area (Å²) in [6, 6.07) is 29.5. The van der Waals surface area contributed by atoms with Crippen LogP contribution in [-0.4, -0.2) is 22.0 Å². The second-order valence-electron chi connectivity index (χ2n) is 18.1. The molecule has 0 unspecified atom stereocenters. The molecule has 0 N–H and O–H groups in total. The maximum absolute atomic E-state index is 6.95. The van der Waals surface area contributed by atoms with Crippen molar-refractivity contribution in [2.24, 2.45) is 4.99 Å². The van der Waals surface area contributed by atoms with Gasteiger partial charge in [-0.3, -0.25) is 4.99 Å². The molecule has 4 aromatic carbocycles. The monoisotopic (exact) mass is 910 g/mol. The van der Waals surface area contributed by atoms with Crippen LogP contribution in [0.2, 0.25) is 0 Å². The van der Waals surface area contributed by atoms with E-state index in [-0.39, 0.29) is 43.0 Å². The van der Waals surface area contributed by atoms with Gasteiger partial charge < -0.3 is 14.4 Å². The first-order valence-corrected chi connectivity index (χ1v) is 19.4. The van der Waals surface area contributed by atoms with Gasteiger partial charge in [0.15, 0.2) is 0 Å². The zero-order chi connectivity index (χ0) is 38.5. The molecule has 8 rings (SSSR count). The van der Waals surface area contributed by atoms with Crippen LogP contribution in [-0.2, 0) is 36.6 Å². The minimum absolute atomic E-state index is 0. The van der Waals surface area contributed by atoms with E-state index in [0.29, 0.717) is 17.4 Å². The Morgan fingerprint density at radius 2 is 1.51 bits per heavy atom. The van der Waals surface area contributed by atoms with Crippen molar-refractivity contribution < 1.29 is 30.5 Å². The molecule has 55 heavy (non-hydrogen) atoms. The van der Waals surface area contributed by atoms with E-state index in [4.69, 9.17) is 19.5 Å². The van der Waals surface area contributed by atoms with Gasteiger partial charge in [-0.25, -0.2) is 4.98 Å². The predicted molar refractivity (Wildman–Crippen MR) is 221 cm³/mol. The largest absolute Gasteiger partial charge is 2.00 e. The second kappa shape index (κ2) is 13.5. The first-order chi connectivity index (χ1) is 25.4. The number of hydrogen-bond acceptors (Lipinski definition) is 5. The third-order valence-electron chi connectivity index (χ3n) is 12.4. The number of hydrogen-bond donors (Lipinski definition) is 0. The molecule has 6 heteroatoms. The Labute approximate surface area is 342 Å². The number of rotatable bonds is 5. The molecule has 3 heterocycles. The molecule has 0 amide bonds. The smallest absolute Gasteiger partial charge is 0.512 e. The van der Waals surface area contributed by atoms with Crippen molar-refractivity contribution in [3.05, 3.63) is 129 Å². The molecule has 1 aliphatic carbocycles. The van der Waals surface area contributed by atoms with Crippen LogP contribution in [0.3, 0.4) is 0 Å². The number of pyridine rings is 1. The number of anilines is 3. The first kappa shape index (κ1) is 39.0. The standard InChI is InChI=1S/C49H53N3O2.Pt/c1-29-14-15-40-38(22-29)47(9,10)39-23-31(3)42(28-41(39)52(40)43-27-36(16-19-50-43)46(6,7)8)53-37-25-34(44-32(4)20-30(2)21-33(44)5)24-35(26-37)45-51-48(11)17-13-18-49(48,12)54-45;/h14-16,19-25,27H,13,17-18H2,1-12H3;/q-2;+2/t48-,49+;/m1./s1. The summed E-state index contributed by atoms with van der Waals surface area (Å²) in [5, 5.41) is 0. The minimum atomic E-state index is -0.324. The summed E-state index contributed by atoms with van der Waals surface area (Å²) in [7, 11) is 0. The number of fused-ring (bicyclic) bond motifs is 3. The summed E-state index contributed by atoms with van der Waals surface area (Å²) in [6.07, 6.45) is 5.04. The van der Waals surface area contributed by atoms with Gasteiger partial charge in [0, 0.05) is 23.4 Å². The molecule has 5 nitrogen and oxygen atoms in total. The van der Waals surface area contributed by atoms with Crippen molar-refractivity contribution in [3.63, 3.8) is 0 Å². The SMILES string of the molecule is Cc1cc(C)c(-c2cc(Oc3[c-]c4c(cc3C)C(C)(C)c3cc(C)ccc3N4c3cc(C(C)(C)C)ccn3)[c-]c(C3=N[C@]4(C)CCC[C@]4(C)O3)c2)c(C)c1.[Pt+2]. The van der Waals surface area contributed by atoms with Crippen LogP contribution in [0.1, 0.15) is 118 Å². The summed E-state index contributed by atoms with van der Waals surface area (Å²) in [5.74, 6) is 2.76. The Morgan fingerprint density at radius 1 is 0.782 bits per heavy atom. The van der Waals surface area contributed by atoms with Crippen molar-refractivity contribution in [2.45, 2.75) is 124 Å². The Hall–Kier alpha value is -4.21. The van der Waals surface area contributed by atoms with Crippen LogP contribution in [0.4, 0.5) is 17.2 Å². The molecule has 2 atom stereocenters. The van der Waals surface area contributed by atoms with Crippen molar-refractivity contribution in [1.29, 1.82) is 0 Å². The van der Waals surface area contributed by atoms with Crippen LogP contribution in [0.25, 0.3) is 11.1 Å². The Kier molecular flexibility index (Phi) is 9.56. The van der Waals surface area contributed by atoms with Gasteiger partial charge in [0.1, 0.15) is 17.3 Å². The van der Waals surface area contributed by atoms with E-state index in [1.54, 1.807) is 0 Å². The van der Waals surface area contributed by atoms with Crippen molar-refractivity contribution in [3.8, 4) is 22.6 Å². The van der Waals surface area contributed by atoms with Gasteiger partial charge in [0.05, 0.1) is 5.54 Å². The van der Waals surface area contributed by atoms with Crippen LogP contribution in [0.5, 0.6) is 11.5 Å². The molecular formula is C49H53N3O2Pt. The maximum Gasteiger partial charge on any atom is 2.00 e. The Balaban J connectivity index is 0.00000465. The average molecular weight is 911 g/mol. The van der Waals surface area contributed by atoms with Crippen LogP contribution in [0.15, 0.2) is 71.9 Å². The minimum Gasteiger partial charge on any atom is -0.512 e. The Bertz CT molecular complexity index is 2360. The molecule has 0 bridgehead atoms.